The Labute approximate surface area is 124 Å². The number of likely N-dealkylation sites (N-methyl/N-ethyl adjacent to an activating group) is 1. The maximum absolute atomic E-state index is 12.2. The summed E-state index contributed by atoms with van der Waals surface area (Å²) in [7, 11) is 1.74. The van der Waals surface area contributed by atoms with Crippen molar-refractivity contribution in [1.82, 2.24) is 9.88 Å². The minimum Gasteiger partial charge on any atom is -0.290 e. The first-order valence-electron chi connectivity index (χ1n) is 5.94. The summed E-state index contributed by atoms with van der Waals surface area (Å²) in [6.45, 7) is 0. The van der Waals surface area contributed by atoms with Crippen molar-refractivity contribution in [2.75, 3.05) is 7.05 Å². The second-order valence-corrected chi connectivity index (χ2v) is 6.08. The number of pyridine rings is 1. The van der Waals surface area contributed by atoms with Gasteiger partial charge >= 0.3 is 0 Å². The molecule has 1 saturated heterocycles. The van der Waals surface area contributed by atoms with Gasteiger partial charge in [-0.15, -0.1) is 11.3 Å². The average molecular weight is 301 g/mol. The van der Waals surface area contributed by atoms with E-state index in [0.717, 1.165) is 10.6 Å². The van der Waals surface area contributed by atoms with Crippen molar-refractivity contribution in [2.45, 2.75) is 0 Å². The van der Waals surface area contributed by atoms with Crippen LogP contribution in [0, 0.1) is 0 Å². The monoisotopic (exact) mass is 301 g/mol. The number of hydrogen-bond donors (Lipinski definition) is 0. The quantitative estimate of drug-likeness (QED) is 0.799. The molecule has 6 heteroatoms. The number of hydrogen-bond acceptors (Lipinski definition) is 5. The minimum atomic E-state index is -0.0222. The van der Waals surface area contributed by atoms with Gasteiger partial charge in [-0.3, -0.25) is 14.7 Å². The maximum atomic E-state index is 12.2. The summed E-state index contributed by atoms with van der Waals surface area (Å²) >= 11 is 2.99. The van der Waals surface area contributed by atoms with Crippen molar-refractivity contribution < 1.29 is 4.79 Å². The number of nitrogens with zero attached hydrogens (tertiary/aromatic N) is 3. The predicted molar refractivity (Wildman–Crippen MR) is 84.0 cm³/mol. The van der Waals surface area contributed by atoms with E-state index in [2.05, 4.69) is 9.98 Å². The van der Waals surface area contributed by atoms with Crippen LogP contribution in [0.5, 0.6) is 0 Å². The SMILES string of the molecule is CN1C(=O)/C(=C\c2cccs2)SC1=Nc1cccnc1. The third-order valence-electron chi connectivity index (χ3n) is 2.69. The lowest BCUT2D eigenvalue weighted by Crippen LogP contribution is -2.23. The summed E-state index contributed by atoms with van der Waals surface area (Å²) in [5.41, 5.74) is 0.743. The zero-order chi connectivity index (χ0) is 13.9. The first-order chi connectivity index (χ1) is 9.74. The van der Waals surface area contributed by atoms with Gasteiger partial charge in [-0.1, -0.05) is 6.07 Å². The van der Waals surface area contributed by atoms with Gasteiger partial charge in [0.05, 0.1) is 16.8 Å². The number of rotatable bonds is 2. The molecule has 1 fully saturated rings. The van der Waals surface area contributed by atoms with E-state index in [9.17, 15) is 4.79 Å². The normalized spacial score (nSPS) is 19.2. The lowest BCUT2D eigenvalue weighted by atomic mass is 10.4. The third-order valence-corrected chi connectivity index (χ3v) is 4.57. The van der Waals surface area contributed by atoms with E-state index in [0.29, 0.717) is 10.1 Å². The molecule has 0 aliphatic carbocycles. The van der Waals surface area contributed by atoms with Crippen molar-refractivity contribution in [3.8, 4) is 0 Å². The Balaban J connectivity index is 1.89. The molecule has 3 rings (SSSR count). The number of amides is 1. The summed E-state index contributed by atoms with van der Waals surface area (Å²) in [5, 5.41) is 2.66. The van der Waals surface area contributed by atoms with Gasteiger partial charge in [0, 0.05) is 18.1 Å². The standard InChI is InChI=1S/C14H11N3OS2/c1-17-13(18)12(8-11-5-3-7-19-11)20-14(17)16-10-4-2-6-15-9-10/h2-9H,1H3/b12-8+,16-14?. The van der Waals surface area contributed by atoms with E-state index in [-0.39, 0.29) is 5.91 Å². The van der Waals surface area contributed by atoms with Crippen LogP contribution in [0.25, 0.3) is 6.08 Å². The minimum absolute atomic E-state index is 0.0222. The average Bonchev–Trinajstić information content (AvgIpc) is 3.06. The van der Waals surface area contributed by atoms with Gasteiger partial charge in [-0.2, -0.15) is 0 Å². The van der Waals surface area contributed by atoms with Crippen molar-refractivity contribution in [2.24, 2.45) is 4.99 Å². The molecule has 1 amide bonds. The Morgan fingerprint density at radius 3 is 2.95 bits per heavy atom. The fourth-order valence-corrected chi connectivity index (χ4v) is 3.39. The molecule has 4 nitrogen and oxygen atoms in total. The smallest absolute Gasteiger partial charge is 0.266 e. The number of thioether (sulfide) groups is 1. The summed E-state index contributed by atoms with van der Waals surface area (Å²) in [6.07, 6.45) is 5.27. The van der Waals surface area contributed by atoms with Crippen molar-refractivity contribution in [1.29, 1.82) is 0 Å². The topological polar surface area (TPSA) is 45.6 Å². The van der Waals surface area contributed by atoms with Crippen molar-refractivity contribution in [3.05, 3.63) is 51.8 Å². The van der Waals surface area contributed by atoms with Gasteiger partial charge in [0.25, 0.3) is 5.91 Å². The molecule has 0 unspecified atom stereocenters. The van der Waals surface area contributed by atoms with E-state index in [1.54, 1.807) is 35.7 Å². The molecule has 20 heavy (non-hydrogen) atoms. The van der Waals surface area contributed by atoms with Gasteiger partial charge in [-0.25, -0.2) is 4.99 Å². The van der Waals surface area contributed by atoms with E-state index in [4.69, 9.17) is 0 Å². The fourth-order valence-electron chi connectivity index (χ4n) is 1.68. The lowest BCUT2D eigenvalue weighted by molar-refractivity contribution is -0.121. The summed E-state index contributed by atoms with van der Waals surface area (Å²) < 4.78 is 0. The molecule has 0 bridgehead atoms. The zero-order valence-electron chi connectivity index (χ0n) is 10.7. The van der Waals surface area contributed by atoms with Crippen LogP contribution in [0.2, 0.25) is 0 Å². The Morgan fingerprint density at radius 1 is 1.35 bits per heavy atom. The fraction of sp³-hybridized carbons (Fsp3) is 0.0714. The molecular weight excluding hydrogens is 290 g/mol. The summed E-state index contributed by atoms with van der Waals surface area (Å²) in [5.74, 6) is -0.0222. The Kier molecular flexibility index (Phi) is 3.66. The van der Waals surface area contributed by atoms with Crippen LogP contribution in [-0.2, 0) is 4.79 Å². The molecular formula is C14H11N3OS2. The zero-order valence-corrected chi connectivity index (χ0v) is 12.3. The Hall–Kier alpha value is -1.92. The second-order valence-electron chi connectivity index (χ2n) is 4.10. The van der Waals surface area contributed by atoms with Crippen LogP contribution < -0.4 is 0 Å². The van der Waals surface area contributed by atoms with Crippen LogP contribution in [0.15, 0.2) is 51.9 Å². The van der Waals surface area contributed by atoms with Gasteiger partial charge in [0.1, 0.15) is 0 Å². The summed E-state index contributed by atoms with van der Waals surface area (Å²) in [4.78, 5) is 24.0. The Morgan fingerprint density at radius 2 is 2.25 bits per heavy atom. The highest BCUT2D eigenvalue weighted by molar-refractivity contribution is 8.18. The molecule has 1 aliphatic rings. The van der Waals surface area contributed by atoms with Gasteiger partial charge < -0.3 is 0 Å². The molecule has 2 aromatic heterocycles. The number of thiophene rings is 1. The highest BCUT2D eigenvalue weighted by Crippen LogP contribution is 2.33. The Bertz CT molecular complexity index is 678. The molecule has 0 atom stereocenters. The molecule has 0 radical (unpaired) electrons. The molecule has 0 spiro atoms. The van der Waals surface area contributed by atoms with Gasteiger partial charge in [0.2, 0.25) is 0 Å². The highest BCUT2D eigenvalue weighted by atomic mass is 32.2. The molecule has 2 aromatic rings. The molecule has 100 valence electrons. The lowest BCUT2D eigenvalue weighted by Gasteiger charge is -2.06. The second kappa shape index (κ2) is 5.60. The van der Waals surface area contributed by atoms with Crippen molar-refractivity contribution >= 4 is 45.9 Å². The first kappa shape index (κ1) is 13.1. The molecule has 1 aliphatic heterocycles. The van der Waals surface area contributed by atoms with Gasteiger partial charge in [0.15, 0.2) is 5.17 Å². The number of aromatic nitrogens is 1. The summed E-state index contributed by atoms with van der Waals surface area (Å²) in [6, 6.07) is 7.64. The van der Waals surface area contributed by atoms with E-state index < -0.39 is 0 Å². The van der Waals surface area contributed by atoms with Crippen LogP contribution in [-0.4, -0.2) is 28.0 Å². The predicted octanol–water partition coefficient (Wildman–Crippen LogP) is 3.38. The molecule has 0 saturated carbocycles. The third kappa shape index (κ3) is 2.66. The molecule has 0 aromatic carbocycles. The van der Waals surface area contributed by atoms with Crippen LogP contribution >= 0.6 is 23.1 Å². The van der Waals surface area contributed by atoms with Crippen LogP contribution in [0.4, 0.5) is 5.69 Å². The van der Waals surface area contributed by atoms with E-state index in [1.807, 2.05) is 35.7 Å². The van der Waals surface area contributed by atoms with Crippen molar-refractivity contribution in [3.63, 3.8) is 0 Å². The largest absolute Gasteiger partial charge is 0.290 e. The molecule has 0 N–H and O–H groups in total. The van der Waals surface area contributed by atoms with Crippen LogP contribution in [0.3, 0.4) is 0 Å². The maximum Gasteiger partial charge on any atom is 0.266 e. The van der Waals surface area contributed by atoms with E-state index >= 15 is 0 Å². The number of amidine groups is 1. The van der Waals surface area contributed by atoms with Gasteiger partial charge in [-0.05, 0) is 41.4 Å². The van der Waals surface area contributed by atoms with Crippen LogP contribution in [0.1, 0.15) is 4.88 Å². The number of carbonyl (C=O) groups is 1. The highest BCUT2D eigenvalue weighted by Gasteiger charge is 2.30. The number of carbonyl (C=O) groups excluding carboxylic acids is 1. The number of aliphatic imine (C=N–C) groups is 1. The first-order valence-corrected chi connectivity index (χ1v) is 7.63. The molecule has 3 heterocycles. The van der Waals surface area contributed by atoms with E-state index in [1.165, 1.54) is 11.8 Å².